The van der Waals surface area contributed by atoms with Crippen LogP contribution in [0.15, 0.2) is 24.3 Å². The third kappa shape index (κ3) is 3.80. The van der Waals surface area contributed by atoms with E-state index >= 15 is 0 Å². The van der Waals surface area contributed by atoms with Gasteiger partial charge in [0.15, 0.2) is 0 Å². The topological polar surface area (TPSA) is 40.5 Å². The monoisotopic (exact) mass is 227 g/mol. The summed E-state index contributed by atoms with van der Waals surface area (Å²) < 4.78 is 0. The highest BCUT2D eigenvalue weighted by Crippen LogP contribution is 2.11. The number of aromatic hydroxyl groups is 1. The van der Waals surface area contributed by atoms with Crippen LogP contribution in [-0.4, -0.2) is 28.8 Å². The van der Waals surface area contributed by atoms with Crippen LogP contribution in [0.3, 0.4) is 0 Å². The summed E-state index contributed by atoms with van der Waals surface area (Å²) in [6.45, 7) is 0.538. The number of hydrogen-bond acceptors (Lipinski definition) is 2. The molecule has 0 aliphatic carbocycles. The molecule has 0 atom stereocenters. The number of nitrogens with zero attached hydrogens (tertiary/aromatic N) is 1. The normalized spacial score (nSPS) is 10.0. The molecule has 0 aliphatic heterocycles. The average molecular weight is 228 g/mol. The van der Waals surface area contributed by atoms with Crippen molar-refractivity contribution < 1.29 is 9.90 Å². The van der Waals surface area contributed by atoms with Gasteiger partial charge in [-0.1, -0.05) is 12.1 Å². The van der Waals surface area contributed by atoms with Gasteiger partial charge in [-0.2, -0.15) is 0 Å². The van der Waals surface area contributed by atoms with Crippen LogP contribution >= 0.6 is 11.6 Å². The Kier molecular flexibility index (Phi) is 4.43. The van der Waals surface area contributed by atoms with Crippen molar-refractivity contribution in [1.82, 2.24) is 4.90 Å². The fourth-order valence-electron chi connectivity index (χ4n) is 1.24. The van der Waals surface area contributed by atoms with Crippen LogP contribution < -0.4 is 0 Å². The highest BCUT2D eigenvalue weighted by atomic mass is 35.5. The zero-order valence-electron chi connectivity index (χ0n) is 8.61. The molecule has 1 N–H and O–H groups in total. The molecular weight excluding hydrogens is 214 g/mol. The van der Waals surface area contributed by atoms with Crippen molar-refractivity contribution in [2.24, 2.45) is 0 Å². The van der Waals surface area contributed by atoms with E-state index in [1.54, 1.807) is 36.2 Å². The van der Waals surface area contributed by atoms with Gasteiger partial charge in [0.25, 0.3) is 0 Å². The highest BCUT2D eigenvalue weighted by molar-refractivity contribution is 6.18. The molecule has 15 heavy (non-hydrogen) atoms. The Labute approximate surface area is 94.3 Å². The molecule has 0 aromatic heterocycles. The maximum absolute atomic E-state index is 11.4. The number of rotatable bonds is 4. The Morgan fingerprint density at radius 3 is 2.53 bits per heavy atom. The minimum atomic E-state index is 0.0260. The van der Waals surface area contributed by atoms with Crippen LogP contribution in [0.1, 0.15) is 12.0 Å². The van der Waals surface area contributed by atoms with E-state index in [9.17, 15) is 4.79 Å². The molecule has 0 spiro atoms. The van der Waals surface area contributed by atoms with Gasteiger partial charge in [0.1, 0.15) is 5.75 Å². The molecule has 0 heterocycles. The molecule has 1 rings (SSSR count). The lowest BCUT2D eigenvalue weighted by atomic mass is 10.2. The number of benzene rings is 1. The minimum Gasteiger partial charge on any atom is -0.508 e. The first-order valence-electron chi connectivity index (χ1n) is 4.71. The minimum absolute atomic E-state index is 0.0260. The summed E-state index contributed by atoms with van der Waals surface area (Å²) in [5.74, 6) is 0.602. The fourth-order valence-corrected chi connectivity index (χ4v) is 1.40. The van der Waals surface area contributed by atoms with Crippen LogP contribution in [0.5, 0.6) is 5.75 Å². The van der Waals surface area contributed by atoms with Crippen molar-refractivity contribution >= 4 is 17.5 Å². The number of phenols is 1. The zero-order valence-corrected chi connectivity index (χ0v) is 9.37. The largest absolute Gasteiger partial charge is 0.508 e. The van der Waals surface area contributed by atoms with E-state index in [1.807, 2.05) is 0 Å². The Bertz CT molecular complexity index is 324. The molecule has 1 aromatic carbocycles. The van der Waals surface area contributed by atoms with Gasteiger partial charge in [-0.05, 0) is 17.7 Å². The van der Waals surface area contributed by atoms with Crippen molar-refractivity contribution in [3.63, 3.8) is 0 Å². The number of alkyl halides is 1. The van der Waals surface area contributed by atoms with E-state index in [0.717, 1.165) is 5.56 Å². The summed E-state index contributed by atoms with van der Waals surface area (Å²) >= 11 is 5.48. The lowest BCUT2D eigenvalue weighted by Crippen LogP contribution is -2.26. The number of halogens is 1. The fraction of sp³-hybridized carbons (Fsp3) is 0.364. The standard InChI is InChI=1S/C11H14ClNO2/c1-13(11(15)6-7-12)8-9-2-4-10(14)5-3-9/h2-5,14H,6-8H2,1H3. The SMILES string of the molecule is CN(Cc1ccc(O)cc1)C(=O)CCCl. The molecular formula is C11H14ClNO2. The van der Waals surface area contributed by atoms with E-state index in [-0.39, 0.29) is 11.7 Å². The molecule has 1 amide bonds. The highest BCUT2D eigenvalue weighted by Gasteiger charge is 2.07. The van der Waals surface area contributed by atoms with Gasteiger partial charge in [-0.15, -0.1) is 11.6 Å². The van der Waals surface area contributed by atoms with E-state index in [1.165, 1.54) is 0 Å². The molecule has 0 bridgehead atoms. The first-order valence-corrected chi connectivity index (χ1v) is 5.25. The summed E-state index contributed by atoms with van der Waals surface area (Å²) in [4.78, 5) is 13.0. The Morgan fingerprint density at radius 1 is 1.40 bits per heavy atom. The molecule has 0 aliphatic rings. The Morgan fingerprint density at radius 2 is 2.00 bits per heavy atom. The van der Waals surface area contributed by atoms with Gasteiger partial charge < -0.3 is 10.0 Å². The van der Waals surface area contributed by atoms with Gasteiger partial charge in [0.2, 0.25) is 5.91 Å². The quantitative estimate of drug-likeness (QED) is 0.800. The maximum atomic E-state index is 11.4. The third-order valence-electron chi connectivity index (χ3n) is 2.09. The van der Waals surface area contributed by atoms with Crippen LogP contribution in [0, 0.1) is 0 Å². The van der Waals surface area contributed by atoms with Crippen LogP contribution in [0.2, 0.25) is 0 Å². The van der Waals surface area contributed by atoms with E-state index in [2.05, 4.69) is 0 Å². The smallest absolute Gasteiger partial charge is 0.223 e. The molecule has 3 nitrogen and oxygen atoms in total. The molecule has 0 radical (unpaired) electrons. The Hall–Kier alpha value is -1.22. The van der Waals surface area contributed by atoms with Crippen LogP contribution in [-0.2, 0) is 11.3 Å². The Balaban J connectivity index is 2.54. The molecule has 0 saturated carbocycles. The molecule has 0 saturated heterocycles. The summed E-state index contributed by atoms with van der Waals surface area (Å²) in [5, 5.41) is 9.09. The van der Waals surface area contributed by atoms with Gasteiger partial charge in [-0.3, -0.25) is 4.79 Å². The number of carbonyl (C=O) groups excluding carboxylic acids is 1. The molecule has 1 aromatic rings. The zero-order chi connectivity index (χ0) is 11.3. The second-order valence-electron chi connectivity index (χ2n) is 3.36. The molecule has 82 valence electrons. The van der Waals surface area contributed by atoms with Crippen molar-refractivity contribution in [2.75, 3.05) is 12.9 Å². The maximum Gasteiger partial charge on any atom is 0.223 e. The van der Waals surface area contributed by atoms with Crippen molar-refractivity contribution in [2.45, 2.75) is 13.0 Å². The second kappa shape index (κ2) is 5.61. The van der Waals surface area contributed by atoms with Crippen molar-refractivity contribution in [1.29, 1.82) is 0 Å². The number of amides is 1. The van der Waals surface area contributed by atoms with Crippen LogP contribution in [0.4, 0.5) is 0 Å². The molecule has 0 unspecified atom stereocenters. The van der Waals surface area contributed by atoms with Crippen LogP contribution in [0.25, 0.3) is 0 Å². The lowest BCUT2D eigenvalue weighted by molar-refractivity contribution is -0.129. The summed E-state index contributed by atoms with van der Waals surface area (Å²) in [7, 11) is 1.74. The predicted octanol–water partition coefficient (Wildman–Crippen LogP) is 1.98. The van der Waals surface area contributed by atoms with Gasteiger partial charge in [0.05, 0.1) is 0 Å². The van der Waals surface area contributed by atoms with Crippen molar-refractivity contribution in [3.05, 3.63) is 29.8 Å². The van der Waals surface area contributed by atoms with Gasteiger partial charge in [-0.25, -0.2) is 0 Å². The van der Waals surface area contributed by atoms with Gasteiger partial charge >= 0.3 is 0 Å². The predicted molar refractivity (Wildman–Crippen MR) is 59.9 cm³/mol. The molecule has 4 heteroatoms. The van der Waals surface area contributed by atoms with Gasteiger partial charge in [0, 0.05) is 25.9 Å². The number of hydrogen-bond donors (Lipinski definition) is 1. The van der Waals surface area contributed by atoms with E-state index in [4.69, 9.17) is 16.7 Å². The lowest BCUT2D eigenvalue weighted by Gasteiger charge is -2.16. The number of carbonyl (C=O) groups is 1. The summed E-state index contributed by atoms with van der Waals surface area (Å²) in [6, 6.07) is 6.80. The first kappa shape index (κ1) is 11.9. The first-order chi connectivity index (χ1) is 7.13. The van der Waals surface area contributed by atoms with E-state index < -0.39 is 0 Å². The summed E-state index contributed by atoms with van der Waals surface area (Å²) in [6.07, 6.45) is 0.357. The summed E-state index contributed by atoms with van der Waals surface area (Å²) in [5.41, 5.74) is 0.984. The average Bonchev–Trinajstić information content (AvgIpc) is 2.22. The molecule has 0 fully saturated rings. The second-order valence-corrected chi connectivity index (χ2v) is 3.73. The van der Waals surface area contributed by atoms with E-state index in [0.29, 0.717) is 18.8 Å². The third-order valence-corrected chi connectivity index (χ3v) is 2.28. The van der Waals surface area contributed by atoms with Crippen molar-refractivity contribution in [3.8, 4) is 5.75 Å². The number of phenolic OH excluding ortho intramolecular Hbond substituents is 1.